The molecule has 0 radical (unpaired) electrons. The highest BCUT2D eigenvalue weighted by Gasteiger charge is 2.02. The van der Waals surface area contributed by atoms with E-state index in [0.717, 1.165) is 13.1 Å². The van der Waals surface area contributed by atoms with E-state index in [0.29, 0.717) is 0 Å². The molecule has 0 saturated carbocycles. The predicted octanol–water partition coefficient (Wildman–Crippen LogP) is 2.42. The third-order valence-electron chi connectivity index (χ3n) is 2.25. The van der Waals surface area contributed by atoms with Gasteiger partial charge in [0.05, 0.1) is 0 Å². The molecule has 1 atom stereocenters. The van der Waals surface area contributed by atoms with Gasteiger partial charge in [-0.3, -0.25) is 0 Å². The maximum Gasteiger partial charge on any atom is -0.000658 e. The van der Waals surface area contributed by atoms with Gasteiger partial charge in [0.1, 0.15) is 0 Å². The van der Waals surface area contributed by atoms with Crippen LogP contribution in [0.25, 0.3) is 0 Å². The Morgan fingerprint density at radius 1 is 1.14 bits per heavy atom. The Hall–Kier alpha value is -0.390. The zero-order valence-electron chi connectivity index (χ0n) is 9.16. The van der Waals surface area contributed by atoms with E-state index in [9.17, 15) is 0 Å². The first-order chi connectivity index (χ1) is 6.84. The first kappa shape index (κ1) is 11.7. The van der Waals surface area contributed by atoms with Crippen LogP contribution >= 0.6 is 7.92 Å². The maximum atomic E-state index is 3.45. The van der Waals surface area contributed by atoms with Crippen LogP contribution in [-0.2, 0) is 0 Å². The summed E-state index contributed by atoms with van der Waals surface area (Å²) >= 11 is 0. The number of rotatable bonds is 6. The first-order valence-electron chi connectivity index (χ1n) is 5.31. The lowest BCUT2D eigenvalue weighted by atomic mass is 10.4. The molecule has 0 aliphatic rings. The average Bonchev–Trinajstić information content (AvgIpc) is 2.25. The molecule has 78 valence electrons. The molecule has 0 aromatic heterocycles. The fourth-order valence-electron chi connectivity index (χ4n) is 1.36. The van der Waals surface area contributed by atoms with E-state index < -0.39 is 0 Å². The van der Waals surface area contributed by atoms with E-state index in [2.05, 4.69) is 49.2 Å². The van der Waals surface area contributed by atoms with Crippen molar-refractivity contribution in [3.8, 4) is 0 Å². The third-order valence-corrected chi connectivity index (χ3v) is 4.32. The zero-order chi connectivity index (χ0) is 10.2. The van der Waals surface area contributed by atoms with Crippen molar-refractivity contribution in [2.75, 3.05) is 25.9 Å². The number of hydrogen-bond donors (Lipinski definition) is 1. The van der Waals surface area contributed by atoms with Crippen LogP contribution in [0, 0.1) is 0 Å². The molecular weight excluding hydrogens is 189 g/mol. The summed E-state index contributed by atoms with van der Waals surface area (Å²) in [4.78, 5) is 0. The van der Waals surface area contributed by atoms with Crippen LogP contribution in [-0.4, -0.2) is 25.9 Å². The van der Waals surface area contributed by atoms with Gasteiger partial charge in [0.25, 0.3) is 0 Å². The van der Waals surface area contributed by atoms with Gasteiger partial charge < -0.3 is 5.32 Å². The second-order valence-electron chi connectivity index (χ2n) is 3.51. The minimum Gasteiger partial charge on any atom is -0.316 e. The standard InChI is InChI=1S/C12H20NP/c1-3-9-13-10-11-14(2)12-7-5-4-6-8-12/h4-8,13H,3,9-11H2,1-2H3. The molecule has 14 heavy (non-hydrogen) atoms. The fourth-order valence-corrected chi connectivity index (χ4v) is 2.79. The van der Waals surface area contributed by atoms with Gasteiger partial charge in [-0.15, -0.1) is 0 Å². The average molecular weight is 209 g/mol. The summed E-state index contributed by atoms with van der Waals surface area (Å²) in [6, 6.07) is 10.8. The Kier molecular flexibility index (Phi) is 5.82. The number of nitrogens with one attached hydrogen (secondary N) is 1. The molecule has 0 saturated heterocycles. The van der Waals surface area contributed by atoms with Crippen molar-refractivity contribution in [3.05, 3.63) is 30.3 Å². The van der Waals surface area contributed by atoms with Crippen LogP contribution in [0.1, 0.15) is 13.3 Å². The van der Waals surface area contributed by atoms with Gasteiger partial charge in [-0.2, -0.15) is 0 Å². The van der Waals surface area contributed by atoms with Crippen molar-refractivity contribution < 1.29 is 0 Å². The van der Waals surface area contributed by atoms with Crippen LogP contribution in [0.4, 0.5) is 0 Å². The van der Waals surface area contributed by atoms with Crippen molar-refractivity contribution in [2.24, 2.45) is 0 Å². The largest absolute Gasteiger partial charge is 0.316 e. The summed E-state index contributed by atoms with van der Waals surface area (Å²) in [6.45, 7) is 6.88. The molecule has 0 aliphatic carbocycles. The molecule has 0 heterocycles. The molecule has 1 N–H and O–H groups in total. The Labute approximate surface area is 88.7 Å². The van der Waals surface area contributed by atoms with Crippen LogP contribution < -0.4 is 10.6 Å². The van der Waals surface area contributed by atoms with Gasteiger partial charge in [-0.1, -0.05) is 45.2 Å². The molecule has 2 heteroatoms. The summed E-state index contributed by atoms with van der Waals surface area (Å²) in [6.07, 6.45) is 2.52. The maximum absolute atomic E-state index is 3.45. The molecular formula is C12H20NP. The summed E-state index contributed by atoms with van der Waals surface area (Å²) < 4.78 is 0. The van der Waals surface area contributed by atoms with Gasteiger partial charge in [0.2, 0.25) is 0 Å². The Morgan fingerprint density at radius 3 is 2.50 bits per heavy atom. The zero-order valence-corrected chi connectivity index (χ0v) is 10.1. The highest BCUT2D eigenvalue weighted by Crippen LogP contribution is 2.27. The summed E-state index contributed by atoms with van der Waals surface area (Å²) in [5, 5.41) is 4.97. The summed E-state index contributed by atoms with van der Waals surface area (Å²) in [5.74, 6) is 0. The molecule has 0 bridgehead atoms. The lowest BCUT2D eigenvalue weighted by Gasteiger charge is -2.12. The van der Waals surface area contributed by atoms with Gasteiger partial charge >= 0.3 is 0 Å². The van der Waals surface area contributed by atoms with Crippen molar-refractivity contribution in [1.29, 1.82) is 0 Å². The lowest BCUT2D eigenvalue weighted by molar-refractivity contribution is 0.706. The first-order valence-corrected chi connectivity index (χ1v) is 7.29. The highest BCUT2D eigenvalue weighted by molar-refractivity contribution is 7.64. The van der Waals surface area contributed by atoms with E-state index >= 15 is 0 Å². The van der Waals surface area contributed by atoms with Crippen LogP contribution in [0.3, 0.4) is 0 Å². The van der Waals surface area contributed by atoms with E-state index in [1.807, 2.05) is 0 Å². The number of hydrogen-bond acceptors (Lipinski definition) is 1. The van der Waals surface area contributed by atoms with E-state index in [4.69, 9.17) is 0 Å². The smallest absolute Gasteiger partial charge is 0.000658 e. The molecule has 1 rings (SSSR count). The summed E-state index contributed by atoms with van der Waals surface area (Å²) in [5.41, 5.74) is 0. The van der Waals surface area contributed by atoms with Gasteiger partial charge in [-0.25, -0.2) is 0 Å². The molecule has 0 aliphatic heterocycles. The topological polar surface area (TPSA) is 12.0 Å². The van der Waals surface area contributed by atoms with Crippen LogP contribution in [0.5, 0.6) is 0 Å². The molecule has 1 nitrogen and oxygen atoms in total. The van der Waals surface area contributed by atoms with Crippen molar-refractivity contribution in [2.45, 2.75) is 13.3 Å². The molecule has 1 aromatic rings. The Bertz CT molecular complexity index is 235. The highest BCUT2D eigenvalue weighted by atomic mass is 31.1. The Balaban J connectivity index is 2.25. The van der Waals surface area contributed by atoms with Crippen molar-refractivity contribution >= 4 is 13.2 Å². The van der Waals surface area contributed by atoms with E-state index in [1.165, 1.54) is 17.9 Å². The number of benzene rings is 1. The molecule has 0 fully saturated rings. The van der Waals surface area contributed by atoms with Crippen LogP contribution in [0.2, 0.25) is 0 Å². The van der Waals surface area contributed by atoms with Gasteiger partial charge in [0.15, 0.2) is 0 Å². The molecule has 0 amide bonds. The van der Waals surface area contributed by atoms with E-state index in [1.54, 1.807) is 0 Å². The Morgan fingerprint density at radius 2 is 1.86 bits per heavy atom. The van der Waals surface area contributed by atoms with Crippen molar-refractivity contribution in [1.82, 2.24) is 5.32 Å². The quantitative estimate of drug-likeness (QED) is 0.560. The molecule has 0 spiro atoms. The SMILES string of the molecule is CCCNCCP(C)c1ccccc1. The second kappa shape index (κ2) is 6.98. The second-order valence-corrected chi connectivity index (χ2v) is 5.87. The fraction of sp³-hybridized carbons (Fsp3) is 0.500. The van der Waals surface area contributed by atoms with Crippen LogP contribution in [0.15, 0.2) is 30.3 Å². The molecule has 1 unspecified atom stereocenters. The predicted molar refractivity (Wildman–Crippen MR) is 66.9 cm³/mol. The third kappa shape index (κ3) is 4.21. The summed E-state index contributed by atoms with van der Waals surface area (Å²) in [7, 11) is 0.0452. The monoisotopic (exact) mass is 209 g/mol. The molecule has 1 aromatic carbocycles. The normalized spacial score (nSPS) is 12.7. The van der Waals surface area contributed by atoms with Gasteiger partial charge in [0, 0.05) is 0 Å². The van der Waals surface area contributed by atoms with E-state index in [-0.39, 0.29) is 7.92 Å². The lowest BCUT2D eigenvalue weighted by Crippen LogP contribution is -2.19. The van der Waals surface area contributed by atoms with Crippen molar-refractivity contribution in [3.63, 3.8) is 0 Å². The van der Waals surface area contributed by atoms with Gasteiger partial charge in [-0.05, 0) is 37.6 Å². The minimum atomic E-state index is 0.0452. The minimum absolute atomic E-state index is 0.0452.